The lowest BCUT2D eigenvalue weighted by Gasteiger charge is -2.11. The monoisotopic (exact) mass is 428 g/mol. The van der Waals surface area contributed by atoms with E-state index in [2.05, 4.69) is 57.8 Å². The molecule has 0 saturated carbocycles. The molecule has 0 aliphatic heterocycles. The molecule has 2 aromatic carbocycles. The molecule has 0 aliphatic carbocycles. The topological polar surface area (TPSA) is 24.1 Å². The van der Waals surface area contributed by atoms with E-state index in [1.165, 1.54) is 11.1 Å². The van der Waals surface area contributed by atoms with Crippen LogP contribution in [-0.4, -0.2) is 17.4 Å². The fraction of sp³-hybridized carbons (Fsp3) is 0.235. The third kappa shape index (κ3) is 6.71. The molecule has 23 heavy (non-hydrogen) atoms. The maximum absolute atomic E-state index is 6.06. The second-order valence-corrected chi connectivity index (χ2v) is 7.83. The first-order chi connectivity index (χ1) is 11.0. The highest BCUT2D eigenvalue weighted by Crippen LogP contribution is 2.25. The number of benzene rings is 2. The number of thioether (sulfide) groups is 1. The quantitative estimate of drug-likeness (QED) is 0.459. The van der Waals surface area contributed by atoms with Crippen LogP contribution in [0.15, 0.2) is 46.9 Å². The average Bonchev–Trinajstić information content (AvgIpc) is 2.51. The minimum atomic E-state index is 0.611. The summed E-state index contributed by atoms with van der Waals surface area (Å²) in [5.41, 5.74) is 3.54. The number of aryl methyl sites for hydroxylation is 1. The van der Waals surface area contributed by atoms with Crippen LogP contribution in [0.3, 0.4) is 0 Å². The van der Waals surface area contributed by atoms with Gasteiger partial charge in [0.1, 0.15) is 0 Å². The highest BCUT2D eigenvalue weighted by molar-refractivity contribution is 9.10. The third-order valence-electron chi connectivity index (χ3n) is 3.06. The van der Waals surface area contributed by atoms with Crippen molar-refractivity contribution in [2.24, 2.45) is 0 Å². The molecule has 0 fully saturated rings. The van der Waals surface area contributed by atoms with E-state index in [1.54, 1.807) is 0 Å². The molecule has 0 bridgehead atoms. The minimum Gasteiger partial charge on any atom is -0.362 e. The molecule has 0 saturated heterocycles. The summed E-state index contributed by atoms with van der Waals surface area (Å²) in [6, 6.07) is 14.3. The SMILES string of the molecule is Cc1cccc(CSCCNC(=S)Nc2ccc(Br)c(Cl)c2)c1. The predicted molar refractivity (Wildman–Crippen MR) is 111 cm³/mol. The van der Waals surface area contributed by atoms with Crippen LogP contribution < -0.4 is 10.6 Å². The lowest BCUT2D eigenvalue weighted by molar-refractivity contribution is 0.990. The van der Waals surface area contributed by atoms with E-state index < -0.39 is 0 Å². The molecule has 0 atom stereocenters. The summed E-state index contributed by atoms with van der Waals surface area (Å²) in [5.74, 6) is 2.02. The molecule has 0 spiro atoms. The van der Waals surface area contributed by atoms with Crippen molar-refractivity contribution in [2.75, 3.05) is 17.6 Å². The van der Waals surface area contributed by atoms with Gasteiger partial charge in [0.05, 0.1) is 5.02 Å². The largest absolute Gasteiger partial charge is 0.362 e. The highest BCUT2D eigenvalue weighted by Gasteiger charge is 2.01. The van der Waals surface area contributed by atoms with Gasteiger partial charge in [0.2, 0.25) is 0 Å². The molecule has 2 aromatic rings. The van der Waals surface area contributed by atoms with Gasteiger partial charge in [-0.3, -0.25) is 0 Å². The smallest absolute Gasteiger partial charge is 0.170 e. The number of hydrogen-bond acceptors (Lipinski definition) is 2. The van der Waals surface area contributed by atoms with Gasteiger partial charge in [-0.05, 0) is 58.8 Å². The Morgan fingerprint density at radius 2 is 2.09 bits per heavy atom. The average molecular weight is 430 g/mol. The standard InChI is InChI=1S/C17H18BrClN2S2/c1-12-3-2-4-13(9-12)11-23-8-7-20-17(22)21-14-5-6-15(18)16(19)10-14/h2-6,9-10H,7-8,11H2,1H3,(H2,20,21,22). The fourth-order valence-electron chi connectivity index (χ4n) is 1.98. The van der Waals surface area contributed by atoms with Gasteiger partial charge >= 0.3 is 0 Å². The highest BCUT2D eigenvalue weighted by atomic mass is 79.9. The van der Waals surface area contributed by atoms with Crippen molar-refractivity contribution in [3.05, 3.63) is 63.1 Å². The van der Waals surface area contributed by atoms with Crippen molar-refractivity contribution in [1.29, 1.82) is 0 Å². The van der Waals surface area contributed by atoms with Crippen LogP contribution >= 0.6 is 51.5 Å². The Balaban J connectivity index is 1.65. The summed E-state index contributed by atoms with van der Waals surface area (Å²) < 4.78 is 0.871. The first kappa shape index (κ1) is 18.6. The molecule has 2 N–H and O–H groups in total. The molecule has 0 radical (unpaired) electrons. The van der Waals surface area contributed by atoms with E-state index in [-0.39, 0.29) is 0 Å². The third-order valence-corrected chi connectivity index (χ3v) is 5.57. The van der Waals surface area contributed by atoms with Crippen molar-refractivity contribution >= 4 is 62.3 Å². The van der Waals surface area contributed by atoms with E-state index in [0.29, 0.717) is 10.1 Å². The number of rotatable bonds is 6. The van der Waals surface area contributed by atoms with Gasteiger partial charge in [0.25, 0.3) is 0 Å². The molecule has 2 nitrogen and oxygen atoms in total. The zero-order valence-corrected chi connectivity index (χ0v) is 16.7. The van der Waals surface area contributed by atoms with E-state index in [9.17, 15) is 0 Å². The Hall–Kier alpha value is -0.750. The molecular formula is C17H18BrClN2S2. The maximum Gasteiger partial charge on any atom is 0.170 e. The van der Waals surface area contributed by atoms with Crippen LogP contribution in [0.5, 0.6) is 0 Å². The van der Waals surface area contributed by atoms with Crippen LogP contribution in [0.25, 0.3) is 0 Å². The molecular weight excluding hydrogens is 412 g/mol. The van der Waals surface area contributed by atoms with Gasteiger partial charge < -0.3 is 10.6 Å². The fourth-order valence-corrected chi connectivity index (χ4v) is 3.43. The number of anilines is 1. The Morgan fingerprint density at radius 1 is 1.26 bits per heavy atom. The van der Waals surface area contributed by atoms with E-state index in [0.717, 1.165) is 28.2 Å². The van der Waals surface area contributed by atoms with Gasteiger partial charge in [0, 0.05) is 28.2 Å². The van der Waals surface area contributed by atoms with Crippen molar-refractivity contribution in [1.82, 2.24) is 5.32 Å². The van der Waals surface area contributed by atoms with Crippen LogP contribution in [-0.2, 0) is 5.75 Å². The van der Waals surface area contributed by atoms with Crippen molar-refractivity contribution < 1.29 is 0 Å². The van der Waals surface area contributed by atoms with E-state index >= 15 is 0 Å². The summed E-state index contributed by atoms with van der Waals surface area (Å²) in [7, 11) is 0. The van der Waals surface area contributed by atoms with Crippen molar-refractivity contribution in [2.45, 2.75) is 12.7 Å². The van der Waals surface area contributed by atoms with Gasteiger partial charge in [-0.1, -0.05) is 41.4 Å². The first-order valence-electron chi connectivity index (χ1n) is 7.18. The number of nitrogens with one attached hydrogen (secondary N) is 2. The lowest BCUT2D eigenvalue weighted by atomic mass is 10.2. The van der Waals surface area contributed by atoms with Gasteiger partial charge in [0.15, 0.2) is 5.11 Å². The van der Waals surface area contributed by atoms with Crippen LogP contribution in [0, 0.1) is 6.92 Å². The Morgan fingerprint density at radius 3 is 2.83 bits per heavy atom. The minimum absolute atomic E-state index is 0.611. The zero-order valence-electron chi connectivity index (χ0n) is 12.7. The molecule has 2 rings (SSSR count). The predicted octanol–water partition coefficient (Wildman–Crippen LogP) is 5.63. The molecule has 122 valence electrons. The van der Waals surface area contributed by atoms with Crippen LogP contribution in [0.2, 0.25) is 5.02 Å². The Kier molecular flexibility index (Phi) is 7.70. The zero-order chi connectivity index (χ0) is 16.7. The van der Waals surface area contributed by atoms with Crippen molar-refractivity contribution in [3.8, 4) is 0 Å². The summed E-state index contributed by atoms with van der Waals surface area (Å²) in [6.07, 6.45) is 0. The normalized spacial score (nSPS) is 10.4. The Bertz CT molecular complexity index is 679. The van der Waals surface area contributed by atoms with Gasteiger partial charge in [-0.15, -0.1) is 0 Å². The second kappa shape index (κ2) is 9.52. The Labute approximate surface area is 160 Å². The summed E-state index contributed by atoms with van der Waals surface area (Å²) in [6.45, 7) is 2.95. The first-order valence-corrected chi connectivity index (χ1v) is 9.91. The summed E-state index contributed by atoms with van der Waals surface area (Å²) in [4.78, 5) is 0. The molecule has 0 aromatic heterocycles. The lowest BCUT2D eigenvalue weighted by Crippen LogP contribution is -2.30. The number of thiocarbonyl (C=S) groups is 1. The van der Waals surface area contributed by atoms with Crippen LogP contribution in [0.4, 0.5) is 5.69 Å². The van der Waals surface area contributed by atoms with Crippen LogP contribution in [0.1, 0.15) is 11.1 Å². The van der Waals surface area contributed by atoms with Crippen molar-refractivity contribution in [3.63, 3.8) is 0 Å². The number of hydrogen-bond donors (Lipinski definition) is 2. The maximum atomic E-state index is 6.06. The molecule has 0 unspecified atom stereocenters. The second-order valence-electron chi connectivity index (χ2n) is 5.05. The van der Waals surface area contributed by atoms with E-state index in [4.69, 9.17) is 23.8 Å². The molecule has 6 heteroatoms. The summed E-state index contributed by atoms with van der Waals surface area (Å²) in [5, 5.41) is 7.61. The molecule has 0 aliphatic rings. The van der Waals surface area contributed by atoms with Gasteiger partial charge in [-0.2, -0.15) is 11.8 Å². The number of halogens is 2. The van der Waals surface area contributed by atoms with Gasteiger partial charge in [-0.25, -0.2) is 0 Å². The molecule has 0 heterocycles. The molecule has 0 amide bonds. The van der Waals surface area contributed by atoms with E-state index in [1.807, 2.05) is 30.0 Å². The summed E-state index contributed by atoms with van der Waals surface area (Å²) >= 11 is 16.6.